The highest BCUT2D eigenvalue weighted by Gasteiger charge is 2.27. The molecule has 4 heterocycles. The Labute approximate surface area is 442 Å². The van der Waals surface area contributed by atoms with Gasteiger partial charge in [0.15, 0.2) is 0 Å². The lowest BCUT2D eigenvalue weighted by Gasteiger charge is -2.27. The lowest BCUT2D eigenvalue weighted by molar-refractivity contribution is 0.443. The standard InChI is InChI=1S/C66H54N4/c1-5-17-43(18-6-1)45-33-37-49(38-34-45)67(47-21-9-3-10-22-47)57-29-15-31-59-63(57)53-27-13-25-51-55-42-62-56(41-61(55)69(59)65(51)53)52-26-14-28-54-64-58(30-16-32-60(64)70(62)66(52)54)68(48-23-11-4-12-24-48)50-39-35-46(36-40-50)44-19-7-2-8-20-44/h3-4,9-16,21-44H,1-2,5-8,17-20H2/i3D,4D,9D,10D,11D,12D,13D,14D,15D,16D,21D,22D,23D,24D,25D,26D,27D,28D,29D,30D,31D,32D,41D,42D. The Bertz CT molecular complexity index is 5120. The summed E-state index contributed by atoms with van der Waals surface area (Å²) in [5.74, 6) is 0.397. The molecule has 4 aromatic heterocycles. The van der Waals surface area contributed by atoms with Crippen LogP contribution in [0, 0.1) is 0 Å². The minimum Gasteiger partial charge on any atom is -0.310 e. The molecule has 0 unspecified atom stereocenters. The van der Waals surface area contributed by atoms with Crippen molar-refractivity contribution in [2.75, 3.05) is 9.80 Å². The van der Waals surface area contributed by atoms with Gasteiger partial charge in [-0.15, -0.1) is 0 Å². The van der Waals surface area contributed by atoms with Crippen molar-refractivity contribution in [1.82, 2.24) is 8.80 Å². The minimum atomic E-state index is -0.755. The van der Waals surface area contributed by atoms with Gasteiger partial charge in [0.05, 0.1) is 77.4 Å². The van der Waals surface area contributed by atoms with Crippen LogP contribution in [0.1, 0.15) is 120 Å². The fourth-order valence-electron chi connectivity index (χ4n) is 11.8. The number of anilines is 6. The van der Waals surface area contributed by atoms with Crippen LogP contribution in [0.5, 0.6) is 0 Å². The van der Waals surface area contributed by atoms with E-state index < -0.39 is 156 Å². The van der Waals surface area contributed by atoms with Crippen LogP contribution in [-0.2, 0) is 0 Å². The molecular formula is C66H54N4. The quantitative estimate of drug-likeness (QED) is 0.151. The number of rotatable bonds is 8. The lowest BCUT2D eigenvalue weighted by atomic mass is 9.84. The van der Waals surface area contributed by atoms with E-state index in [0.717, 1.165) is 75.3 Å². The average Bonchev–Trinajstić information content (AvgIpc) is 1.49. The Kier molecular flexibility index (Phi) is 5.26. The topological polar surface area (TPSA) is 15.3 Å². The highest BCUT2D eigenvalue weighted by atomic mass is 15.2. The molecule has 2 saturated carbocycles. The van der Waals surface area contributed by atoms with E-state index in [1.807, 2.05) is 24.3 Å². The molecule has 15 rings (SSSR count). The van der Waals surface area contributed by atoms with Gasteiger partial charge in [0, 0.05) is 65.8 Å². The number of hydrogen-bond acceptors (Lipinski definition) is 2. The van der Waals surface area contributed by atoms with Gasteiger partial charge < -0.3 is 18.6 Å². The zero-order valence-corrected chi connectivity index (χ0v) is 37.6. The summed E-state index contributed by atoms with van der Waals surface area (Å²) in [7, 11) is 0. The van der Waals surface area contributed by atoms with Crippen LogP contribution < -0.4 is 9.80 Å². The lowest BCUT2D eigenvalue weighted by Crippen LogP contribution is -2.11. The van der Waals surface area contributed by atoms with Crippen molar-refractivity contribution >= 4 is 110 Å². The molecule has 9 aromatic carbocycles. The molecule has 0 aliphatic heterocycles. The Balaban J connectivity index is 1.10. The predicted molar refractivity (Wildman–Crippen MR) is 297 cm³/mol. The van der Waals surface area contributed by atoms with Gasteiger partial charge in [0.1, 0.15) is 0 Å². The Morgan fingerprint density at radius 2 is 0.729 bits per heavy atom. The Morgan fingerprint density at radius 3 is 1.14 bits per heavy atom. The number of hydrogen-bond donors (Lipinski definition) is 0. The normalized spacial score (nSPS) is 20.1. The van der Waals surface area contributed by atoms with Crippen LogP contribution in [0.4, 0.5) is 34.1 Å². The van der Waals surface area contributed by atoms with Crippen molar-refractivity contribution in [2.45, 2.75) is 76.0 Å². The first-order valence-electron chi connectivity index (χ1n) is 36.0. The molecule has 2 fully saturated rings. The number of aromatic nitrogens is 2. The molecule has 0 N–H and O–H groups in total. The molecule has 2 aliphatic rings. The maximum Gasteiger partial charge on any atom is 0.0653 e. The molecule has 0 amide bonds. The second kappa shape index (κ2) is 15.9. The van der Waals surface area contributed by atoms with Gasteiger partial charge in [-0.1, -0.05) is 147 Å². The van der Waals surface area contributed by atoms with Gasteiger partial charge in [-0.2, -0.15) is 0 Å². The summed E-state index contributed by atoms with van der Waals surface area (Å²) in [6.07, 6.45) is 9.92. The third-order valence-corrected chi connectivity index (χ3v) is 15.0. The van der Waals surface area contributed by atoms with Gasteiger partial charge in [0.25, 0.3) is 0 Å². The van der Waals surface area contributed by atoms with E-state index in [4.69, 9.17) is 8.22 Å². The third kappa shape index (κ3) is 5.95. The van der Waals surface area contributed by atoms with Crippen molar-refractivity contribution < 1.29 is 32.9 Å². The van der Waals surface area contributed by atoms with Gasteiger partial charge in [-0.05, 0) is 133 Å². The van der Waals surface area contributed by atoms with Crippen molar-refractivity contribution in [3.8, 4) is 0 Å². The molecular weight excluding hydrogens is 849 g/mol. The average molecular weight is 927 g/mol. The molecule has 70 heavy (non-hydrogen) atoms. The molecule has 4 heteroatoms. The summed E-state index contributed by atoms with van der Waals surface area (Å²) in [5.41, 5.74) is -0.736. The summed E-state index contributed by atoms with van der Waals surface area (Å²) in [6, 6.07) is -2.43. The molecule has 13 aromatic rings. The number of nitrogens with zero attached hydrogens (tertiary/aromatic N) is 4. The number of benzene rings is 9. The number of fused-ring (bicyclic) bond motifs is 12. The van der Waals surface area contributed by atoms with Crippen molar-refractivity contribution in [3.05, 3.63) is 205 Å². The monoisotopic (exact) mass is 927 g/mol. The summed E-state index contributed by atoms with van der Waals surface area (Å²) in [6.45, 7) is 0. The second-order valence-corrected chi connectivity index (χ2v) is 18.7. The smallest absolute Gasteiger partial charge is 0.0653 e. The van der Waals surface area contributed by atoms with Gasteiger partial charge in [0.2, 0.25) is 0 Å². The first-order valence-corrected chi connectivity index (χ1v) is 24.0. The highest BCUT2D eigenvalue weighted by Crippen LogP contribution is 2.50. The zero-order chi connectivity index (χ0) is 66.8. The molecule has 338 valence electrons. The van der Waals surface area contributed by atoms with Crippen molar-refractivity contribution in [3.63, 3.8) is 0 Å². The molecule has 0 atom stereocenters. The Morgan fingerprint density at radius 1 is 0.343 bits per heavy atom. The van der Waals surface area contributed by atoms with E-state index in [0.29, 0.717) is 0 Å². The molecule has 0 saturated heterocycles. The van der Waals surface area contributed by atoms with Crippen molar-refractivity contribution in [1.29, 1.82) is 0 Å². The van der Waals surface area contributed by atoms with Crippen LogP contribution in [0.2, 0.25) is 0 Å². The predicted octanol–water partition coefficient (Wildman–Crippen LogP) is 19.0. The molecule has 2 aliphatic carbocycles. The van der Waals surface area contributed by atoms with Gasteiger partial charge >= 0.3 is 0 Å². The summed E-state index contributed by atoms with van der Waals surface area (Å²) in [5, 5.41) is -1.82. The van der Waals surface area contributed by atoms with Crippen LogP contribution in [-0.4, -0.2) is 8.80 Å². The second-order valence-electron chi connectivity index (χ2n) is 18.7. The van der Waals surface area contributed by atoms with Crippen molar-refractivity contribution in [2.24, 2.45) is 0 Å². The third-order valence-electron chi connectivity index (χ3n) is 15.0. The van der Waals surface area contributed by atoms with Crippen LogP contribution in [0.25, 0.3) is 76.2 Å². The maximum absolute atomic E-state index is 10.6. The van der Waals surface area contributed by atoms with Crippen LogP contribution in [0.3, 0.4) is 0 Å². The van der Waals surface area contributed by atoms with E-state index >= 15 is 0 Å². The molecule has 0 radical (unpaired) electrons. The van der Waals surface area contributed by atoms with Crippen LogP contribution in [0.15, 0.2) is 194 Å². The van der Waals surface area contributed by atoms with E-state index in [1.165, 1.54) is 18.6 Å². The van der Waals surface area contributed by atoms with Crippen LogP contribution >= 0.6 is 0 Å². The summed E-state index contributed by atoms with van der Waals surface area (Å²) < 4.78 is 231. The largest absolute Gasteiger partial charge is 0.310 e. The van der Waals surface area contributed by atoms with Gasteiger partial charge in [-0.3, -0.25) is 0 Å². The molecule has 0 bridgehead atoms. The van der Waals surface area contributed by atoms with E-state index in [1.54, 1.807) is 24.3 Å². The fraction of sp³-hybridized carbons (Fsp3) is 0.182. The maximum atomic E-state index is 10.6. The summed E-state index contributed by atoms with van der Waals surface area (Å²) >= 11 is 0. The molecule has 0 spiro atoms. The van der Waals surface area contributed by atoms with E-state index in [2.05, 4.69) is 0 Å². The van der Waals surface area contributed by atoms with Gasteiger partial charge in [-0.25, -0.2) is 0 Å². The molecule has 4 nitrogen and oxygen atoms in total. The van der Waals surface area contributed by atoms with E-state index in [9.17, 15) is 24.7 Å². The SMILES string of the molecule is [2H]c1c([2H])c([2H])c(N(c2ccc(C3CCCCC3)cc2)c2c([2H])c([2H])c([2H])c3c2c2c([2H])c([2H])c([2H])c4c5c([2H])c6c(c([2H])c5n3c24)c2c([2H])c([2H])c([2H])c3c4c(N(c5ccc(C7CCCCC7)cc5)c5c([2H])c([2H])c([2H])c([2H])c5[2H])c([2H])c([2H])c([2H])c4n6c32)c([2H])c1[2H]. The highest BCUT2D eigenvalue weighted by molar-refractivity contribution is 6.31. The first-order chi connectivity index (χ1) is 44.8. The first kappa shape index (κ1) is 23.2. The minimum absolute atomic E-state index is 0.133. The fourth-order valence-corrected chi connectivity index (χ4v) is 11.8. The summed E-state index contributed by atoms with van der Waals surface area (Å²) in [4.78, 5) is 2.44. The number of para-hydroxylation sites is 4. The van der Waals surface area contributed by atoms with E-state index in [-0.39, 0.29) is 111 Å². The Hall–Kier alpha value is -7.82. The zero-order valence-electron chi connectivity index (χ0n) is 61.6.